The largest absolute Gasteiger partial charge is 0.363 e. The van der Waals surface area contributed by atoms with Crippen LogP contribution >= 0.6 is 12.0 Å². The monoisotopic (exact) mass is 316 g/mol. The molecular weight excluding hydrogens is 300 g/mol. The Bertz CT molecular complexity index is 385. The van der Waals surface area contributed by atoms with Crippen molar-refractivity contribution < 1.29 is 32.2 Å². The molecule has 19 heavy (non-hydrogen) atoms. The van der Waals surface area contributed by atoms with Crippen molar-refractivity contribution in [1.29, 1.82) is 0 Å². The Hall–Kier alpha value is -0.880. The number of amides is 2. The molecule has 2 amide bonds. The Morgan fingerprint density at radius 1 is 1.05 bits per heavy atom. The molecule has 0 aromatic heterocycles. The van der Waals surface area contributed by atoms with E-state index in [2.05, 4.69) is 15.0 Å². The minimum absolute atomic E-state index is 0.152. The first-order valence-corrected chi connectivity index (χ1v) is 7.57. The zero-order valence-electron chi connectivity index (χ0n) is 9.99. The van der Waals surface area contributed by atoms with Gasteiger partial charge in [-0.2, -0.15) is 12.8 Å². The summed E-state index contributed by atoms with van der Waals surface area (Å²) in [5.74, 6) is 0. The summed E-state index contributed by atoms with van der Waals surface area (Å²) in [4.78, 5) is 21.5. The first kappa shape index (κ1) is 18.1. The molecule has 0 aromatic rings. The molecule has 0 saturated heterocycles. The first-order valence-electron chi connectivity index (χ1n) is 5.39. The molecule has 112 valence electrons. The van der Waals surface area contributed by atoms with E-state index >= 15 is 0 Å². The lowest BCUT2D eigenvalue weighted by Crippen LogP contribution is -2.29. The Morgan fingerprint density at radius 3 is 2.05 bits per heavy atom. The summed E-state index contributed by atoms with van der Waals surface area (Å²) in [5, 5.41) is 10.6. The van der Waals surface area contributed by atoms with E-state index in [1.54, 1.807) is 0 Å². The molecule has 0 bridgehead atoms. The summed E-state index contributed by atoms with van der Waals surface area (Å²) >= 11 is 0.286. The van der Waals surface area contributed by atoms with Gasteiger partial charge in [-0.25, -0.2) is 5.26 Å². The molecule has 0 heterocycles. The van der Waals surface area contributed by atoms with E-state index in [0.29, 0.717) is 19.4 Å². The smallest absolute Gasteiger partial charge is 0.345 e. The minimum Gasteiger partial charge on any atom is -0.345 e. The van der Waals surface area contributed by atoms with Gasteiger partial charge >= 0.3 is 20.6 Å². The lowest BCUT2D eigenvalue weighted by molar-refractivity contribution is -0.115. The molecule has 9 nitrogen and oxygen atoms in total. The van der Waals surface area contributed by atoms with Crippen LogP contribution in [0, 0.1) is 0 Å². The minimum atomic E-state index is -4.65. The fraction of sp³-hybridized carbons (Fsp3) is 0.750. The van der Waals surface area contributed by atoms with Crippen LogP contribution in [0.1, 0.15) is 25.7 Å². The summed E-state index contributed by atoms with van der Waals surface area (Å²) < 4.78 is 32.6. The molecule has 11 heteroatoms. The number of nitrogens with one attached hydrogen (secondary N) is 2. The topological polar surface area (TPSA) is 142 Å². The Balaban J connectivity index is 3.37. The number of carbonyl (C=O) groups is 2. The molecule has 0 aromatic carbocycles. The third-order valence-electron chi connectivity index (χ3n) is 1.99. The van der Waals surface area contributed by atoms with Crippen LogP contribution in [0.25, 0.3) is 0 Å². The van der Waals surface area contributed by atoms with E-state index < -0.39 is 20.6 Å². The molecule has 0 aliphatic heterocycles. The number of hydrogen-bond donors (Lipinski definition) is 4. The van der Waals surface area contributed by atoms with Crippen LogP contribution < -0.4 is 10.6 Å². The van der Waals surface area contributed by atoms with Crippen LogP contribution in [0.2, 0.25) is 0 Å². The maximum absolute atomic E-state index is 10.8. The van der Waals surface area contributed by atoms with Crippen molar-refractivity contribution in [3.63, 3.8) is 0 Å². The Morgan fingerprint density at radius 2 is 1.58 bits per heavy atom. The summed E-state index contributed by atoms with van der Waals surface area (Å²) in [6, 6.07) is 0. The van der Waals surface area contributed by atoms with Gasteiger partial charge < -0.3 is 10.6 Å². The van der Waals surface area contributed by atoms with Crippen molar-refractivity contribution in [1.82, 2.24) is 10.6 Å². The SMILES string of the molecule is O=C(NCCCCCCNC(=O)S(=O)(=O)O)SOO. The lowest BCUT2D eigenvalue weighted by Gasteiger charge is -2.04. The molecular formula is C8H16N2O7S2. The van der Waals surface area contributed by atoms with Crippen LogP contribution in [0.3, 0.4) is 0 Å². The molecule has 0 fully saturated rings. The molecule has 4 N–H and O–H groups in total. The van der Waals surface area contributed by atoms with Crippen LogP contribution in [0.4, 0.5) is 9.59 Å². The van der Waals surface area contributed by atoms with E-state index in [0.717, 1.165) is 12.8 Å². The predicted molar refractivity (Wildman–Crippen MR) is 68.1 cm³/mol. The van der Waals surface area contributed by atoms with Crippen molar-refractivity contribution in [3.05, 3.63) is 0 Å². The maximum atomic E-state index is 10.8. The zero-order valence-corrected chi connectivity index (χ0v) is 11.6. The molecule has 0 aliphatic rings. The normalized spacial score (nSPS) is 11.1. The Kier molecular flexibility index (Phi) is 9.51. The average molecular weight is 316 g/mol. The molecule has 0 unspecified atom stereocenters. The molecule has 0 radical (unpaired) electrons. The summed E-state index contributed by atoms with van der Waals surface area (Å²) in [6.45, 7) is 0.575. The van der Waals surface area contributed by atoms with Gasteiger partial charge in [0, 0.05) is 13.1 Å². The summed E-state index contributed by atoms with van der Waals surface area (Å²) in [7, 11) is -4.65. The van der Waals surface area contributed by atoms with E-state index in [-0.39, 0.29) is 18.6 Å². The van der Waals surface area contributed by atoms with Gasteiger partial charge in [0.1, 0.15) is 12.0 Å². The number of unbranched alkanes of at least 4 members (excludes halogenated alkanes) is 3. The number of carbonyl (C=O) groups excluding carboxylic acids is 2. The van der Waals surface area contributed by atoms with Crippen LogP contribution in [-0.2, 0) is 14.5 Å². The fourth-order valence-electron chi connectivity index (χ4n) is 1.14. The molecule has 0 aliphatic carbocycles. The maximum Gasteiger partial charge on any atom is 0.363 e. The van der Waals surface area contributed by atoms with Gasteiger partial charge in [0.15, 0.2) is 0 Å². The van der Waals surface area contributed by atoms with Crippen LogP contribution in [-0.4, -0.2) is 41.8 Å². The quantitative estimate of drug-likeness (QED) is 0.171. The highest BCUT2D eigenvalue weighted by Crippen LogP contribution is 2.02. The van der Waals surface area contributed by atoms with E-state index in [1.165, 1.54) is 0 Å². The third-order valence-corrected chi connectivity index (χ3v) is 2.97. The van der Waals surface area contributed by atoms with Gasteiger partial charge in [0.05, 0.1) is 0 Å². The van der Waals surface area contributed by atoms with Crippen LogP contribution in [0.5, 0.6) is 0 Å². The second-order valence-corrected chi connectivity index (χ2v) is 5.48. The van der Waals surface area contributed by atoms with Crippen molar-refractivity contribution in [2.24, 2.45) is 0 Å². The fourth-order valence-corrected chi connectivity index (χ4v) is 1.65. The second-order valence-electron chi connectivity index (χ2n) is 3.48. The van der Waals surface area contributed by atoms with Crippen molar-refractivity contribution in [2.75, 3.05) is 13.1 Å². The average Bonchev–Trinajstić information content (AvgIpc) is 2.31. The zero-order chi connectivity index (χ0) is 14.7. The molecule has 0 rings (SSSR count). The number of rotatable bonds is 8. The van der Waals surface area contributed by atoms with Gasteiger partial charge in [0.2, 0.25) is 0 Å². The molecule has 0 saturated carbocycles. The highest BCUT2D eigenvalue weighted by atomic mass is 32.2. The Labute approximate surface area is 115 Å². The van der Waals surface area contributed by atoms with Crippen molar-refractivity contribution >= 4 is 32.6 Å². The van der Waals surface area contributed by atoms with Crippen LogP contribution in [0.15, 0.2) is 0 Å². The van der Waals surface area contributed by atoms with E-state index in [9.17, 15) is 18.0 Å². The van der Waals surface area contributed by atoms with Gasteiger partial charge in [0.25, 0.3) is 0 Å². The first-order chi connectivity index (χ1) is 8.88. The number of hydrogen-bond acceptors (Lipinski definition) is 7. The summed E-state index contributed by atoms with van der Waals surface area (Å²) in [6.07, 6.45) is 2.76. The molecule has 0 spiro atoms. The van der Waals surface area contributed by atoms with E-state index in [4.69, 9.17) is 9.81 Å². The predicted octanol–water partition coefficient (Wildman–Crippen LogP) is 0.992. The lowest BCUT2D eigenvalue weighted by atomic mass is 10.2. The van der Waals surface area contributed by atoms with Gasteiger partial charge in [-0.15, -0.1) is 0 Å². The van der Waals surface area contributed by atoms with Gasteiger partial charge in [-0.1, -0.05) is 12.8 Å². The van der Waals surface area contributed by atoms with E-state index in [1.807, 2.05) is 0 Å². The van der Waals surface area contributed by atoms with Crippen molar-refractivity contribution in [3.8, 4) is 0 Å². The van der Waals surface area contributed by atoms with Crippen molar-refractivity contribution in [2.45, 2.75) is 25.7 Å². The highest BCUT2D eigenvalue weighted by molar-refractivity contribution is 8.09. The van der Waals surface area contributed by atoms with Gasteiger partial charge in [-0.05, 0) is 12.8 Å². The summed E-state index contributed by atoms with van der Waals surface area (Å²) in [5.41, 5.74) is 0. The molecule has 0 atom stereocenters. The van der Waals surface area contributed by atoms with Gasteiger partial charge in [-0.3, -0.25) is 14.1 Å². The highest BCUT2D eigenvalue weighted by Gasteiger charge is 2.16. The third kappa shape index (κ3) is 10.7. The standard InChI is InChI=1S/C8H16N2O7S2/c11-7(18-17-13)9-5-3-1-2-4-6-10-8(12)19(14,15)16/h13H,1-6H2,(H,9,11)(H,10,12)(H,14,15,16). The second kappa shape index (κ2) is 9.97.